The standard InChI is InChI=1S/C12H16FN5/c1-9-6-10(2)18(17-9)5-3-4-14-12-7-11(13)15-8-16-12/h6-8H,3-5H2,1-2H3,(H,14,15,16). The molecule has 0 saturated carbocycles. The van der Waals surface area contributed by atoms with Crippen LogP contribution in [0.25, 0.3) is 0 Å². The minimum atomic E-state index is -0.522. The fraction of sp³-hybridized carbons (Fsp3) is 0.417. The van der Waals surface area contributed by atoms with Crippen LogP contribution in [0.2, 0.25) is 0 Å². The van der Waals surface area contributed by atoms with Gasteiger partial charge in [-0.1, -0.05) is 0 Å². The number of hydrogen-bond acceptors (Lipinski definition) is 4. The molecule has 0 aromatic carbocycles. The van der Waals surface area contributed by atoms with E-state index in [1.54, 1.807) is 0 Å². The minimum absolute atomic E-state index is 0.510. The molecular weight excluding hydrogens is 233 g/mol. The van der Waals surface area contributed by atoms with Crippen LogP contribution in [-0.4, -0.2) is 26.3 Å². The summed E-state index contributed by atoms with van der Waals surface area (Å²) in [5.41, 5.74) is 2.18. The van der Waals surface area contributed by atoms with E-state index < -0.39 is 5.95 Å². The Morgan fingerprint density at radius 2 is 2.11 bits per heavy atom. The predicted octanol–water partition coefficient (Wildman–Crippen LogP) is 1.93. The van der Waals surface area contributed by atoms with Crippen molar-refractivity contribution in [2.24, 2.45) is 0 Å². The van der Waals surface area contributed by atoms with Gasteiger partial charge in [0.05, 0.1) is 5.69 Å². The zero-order chi connectivity index (χ0) is 13.0. The lowest BCUT2D eigenvalue weighted by atomic mass is 10.4. The highest BCUT2D eigenvalue weighted by Gasteiger charge is 2.00. The lowest BCUT2D eigenvalue weighted by molar-refractivity contribution is 0.570. The van der Waals surface area contributed by atoms with Crippen molar-refractivity contribution >= 4 is 5.82 Å². The Hall–Kier alpha value is -1.98. The SMILES string of the molecule is Cc1cc(C)n(CCCNc2cc(F)ncn2)n1. The van der Waals surface area contributed by atoms with Crippen molar-refractivity contribution in [3.63, 3.8) is 0 Å². The number of aryl methyl sites for hydroxylation is 3. The lowest BCUT2D eigenvalue weighted by Gasteiger charge is -2.06. The van der Waals surface area contributed by atoms with Crippen LogP contribution in [0.1, 0.15) is 17.8 Å². The van der Waals surface area contributed by atoms with Crippen LogP contribution in [-0.2, 0) is 6.54 Å². The average molecular weight is 249 g/mol. The summed E-state index contributed by atoms with van der Waals surface area (Å²) in [6.07, 6.45) is 2.10. The maximum atomic E-state index is 12.8. The van der Waals surface area contributed by atoms with Crippen LogP contribution in [0.5, 0.6) is 0 Å². The Labute approximate surface area is 105 Å². The fourth-order valence-electron chi connectivity index (χ4n) is 1.78. The number of rotatable bonds is 5. The number of hydrogen-bond donors (Lipinski definition) is 1. The van der Waals surface area contributed by atoms with Gasteiger partial charge >= 0.3 is 0 Å². The van der Waals surface area contributed by atoms with E-state index in [1.165, 1.54) is 12.4 Å². The van der Waals surface area contributed by atoms with Gasteiger partial charge in [-0.15, -0.1) is 0 Å². The summed E-state index contributed by atoms with van der Waals surface area (Å²) in [6, 6.07) is 3.33. The second-order valence-electron chi connectivity index (χ2n) is 4.16. The lowest BCUT2D eigenvalue weighted by Crippen LogP contribution is -2.09. The summed E-state index contributed by atoms with van der Waals surface area (Å²) in [5, 5.41) is 7.42. The van der Waals surface area contributed by atoms with Gasteiger partial charge in [0.1, 0.15) is 12.1 Å². The van der Waals surface area contributed by atoms with E-state index in [-0.39, 0.29) is 0 Å². The van der Waals surface area contributed by atoms with E-state index in [0.717, 1.165) is 30.9 Å². The van der Waals surface area contributed by atoms with E-state index in [2.05, 4.69) is 20.4 Å². The summed E-state index contributed by atoms with van der Waals surface area (Å²) in [5.74, 6) is -0.0121. The molecule has 0 atom stereocenters. The third-order valence-electron chi connectivity index (χ3n) is 2.59. The van der Waals surface area contributed by atoms with Crippen molar-refractivity contribution in [3.05, 3.63) is 35.8 Å². The first kappa shape index (κ1) is 12.5. The van der Waals surface area contributed by atoms with Crippen LogP contribution in [0.4, 0.5) is 10.2 Å². The summed E-state index contributed by atoms with van der Waals surface area (Å²) >= 11 is 0. The Morgan fingerprint density at radius 3 is 2.78 bits per heavy atom. The Bertz CT molecular complexity index is 523. The highest BCUT2D eigenvalue weighted by atomic mass is 19.1. The number of halogens is 1. The van der Waals surface area contributed by atoms with Gasteiger partial charge in [0.2, 0.25) is 5.95 Å². The van der Waals surface area contributed by atoms with Gasteiger partial charge in [0, 0.05) is 24.8 Å². The summed E-state index contributed by atoms with van der Waals surface area (Å²) in [4.78, 5) is 7.32. The fourth-order valence-corrected chi connectivity index (χ4v) is 1.78. The van der Waals surface area contributed by atoms with Crippen molar-refractivity contribution in [2.45, 2.75) is 26.8 Å². The van der Waals surface area contributed by atoms with E-state index in [4.69, 9.17) is 0 Å². The molecule has 96 valence electrons. The monoisotopic (exact) mass is 249 g/mol. The van der Waals surface area contributed by atoms with Crippen molar-refractivity contribution in [1.82, 2.24) is 19.7 Å². The Morgan fingerprint density at radius 1 is 1.28 bits per heavy atom. The van der Waals surface area contributed by atoms with E-state index in [0.29, 0.717) is 5.82 Å². The molecule has 0 aliphatic carbocycles. The topological polar surface area (TPSA) is 55.6 Å². The van der Waals surface area contributed by atoms with Crippen LogP contribution in [0.15, 0.2) is 18.5 Å². The maximum Gasteiger partial charge on any atom is 0.217 e. The molecule has 0 aliphatic heterocycles. The maximum absolute atomic E-state index is 12.8. The summed E-state index contributed by atoms with van der Waals surface area (Å²) in [6.45, 7) is 5.56. The van der Waals surface area contributed by atoms with Gasteiger partial charge in [0.15, 0.2) is 0 Å². The molecule has 0 bridgehead atoms. The minimum Gasteiger partial charge on any atom is -0.370 e. The molecule has 0 radical (unpaired) electrons. The molecule has 2 rings (SSSR count). The van der Waals surface area contributed by atoms with Crippen molar-refractivity contribution in [3.8, 4) is 0 Å². The second-order valence-corrected chi connectivity index (χ2v) is 4.16. The van der Waals surface area contributed by atoms with Gasteiger partial charge in [-0.05, 0) is 26.3 Å². The molecule has 2 aromatic rings. The first-order chi connectivity index (χ1) is 8.65. The normalized spacial score (nSPS) is 10.6. The molecule has 1 N–H and O–H groups in total. The van der Waals surface area contributed by atoms with Crippen LogP contribution in [0, 0.1) is 19.8 Å². The van der Waals surface area contributed by atoms with E-state index in [9.17, 15) is 4.39 Å². The zero-order valence-corrected chi connectivity index (χ0v) is 10.5. The molecule has 0 fully saturated rings. The van der Waals surface area contributed by atoms with Gasteiger partial charge < -0.3 is 5.32 Å². The molecule has 0 aliphatic rings. The number of anilines is 1. The molecule has 0 unspecified atom stereocenters. The first-order valence-corrected chi connectivity index (χ1v) is 5.87. The molecule has 0 spiro atoms. The van der Waals surface area contributed by atoms with Gasteiger partial charge in [-0.2, -0.15) is 9.49 Å². The van der Waals surface area contributed by atoms with Gasteiger partial charge in [-0.25, -0.2) is 9.97 Å². The summed E-state index contributed by atoms with van der Waals surface area (Å²) < 4.78 is 14.8. The Kier molecular flexibility index (Phi) is 3.86. The van der Waals surface area contributed by atoms with Gasteiger partial charge in [-0.3, -0.25) is 4.68 Å². The van der Waals surface area contributed by atoms with Crippen molar-refractivity contribution in [1.29, 1.82) is 0 Å². The second kappa shape index (κ2) is 5.57. The number of aromatic nitrogens is 4. The summed E-state index contributed by atoms with van der Waals surface area (Å²) in [7, 11) is 0. The van der Waals surface area contributed by atoms with E-state index in [1.807, 2.05) is 24.6 Å². The van der Waals surface area contributed by atoms with Crippen LogP contribution < -0.4 is 5.32 Å². The number of nitrogens with zero attached hydrogens (tertiary/aromatic N) is 4. The van der Waals surface area contributed by atoms with Crippen LogP contribution in [0.3, 0.4) is 0 Å². The highest BCUT2D eigenvalue weighted by Crippen LogP contribution is 2.04. The zero-order valence-electron chi connectivity index (χ0n) is 10.5. The Balaban J connectivity index is 1.78. The molecular formula is C12H16FN5. The van der Waals surface area contributed by atoms with E-state index >= 15 is 0 Å². The molecule has 18 heavy (non-hydrogen) atoms. The number of nitrogens with one attached hydrogen (secondary N) is 1. The largest absolute Gasteiger partial charge is 0.370 e. The first-order valence-electron chi connectivity index (χ1n) is 5.87. The smallest absolute Gasteiger partial charge is 0.217 e. The molecule has 0 amide bonds. The molecule has 6 heteroatoms. The third kappa shape index (κ3) is 3.26. The molecule has 0 saturated heterocycles. The molecule has 5 nitrogen and oxygen atoms in total. The third-order valence-corrected chi connectivity index (χ3v) is 2.59. The van der Waals surface area contributed by atoms with Crippen molar-refractivity contribution < 1.29 is 4.39 Å². The average Bonchev–Trinajstić information content (AvgIpc) is 2.64. The van der Waals surface area contributed by atoms with Crippen molar-refractivity contribution in [2.75, 3.05) is 11.9 Å². The van der Waals surface area contributed by atoms with Crippen LogP contribution >= 0.6 is 0 Å². The molecule has 2 heterocycles. The quantitative estimate of drug-likeness (QED) is 0.650. The highest BCUT2D eigenvalue weighted by molar-refractivity contribution is 5.31. The predicted molar refractivity (Wildman–Crippen MR) is 66.8 cm³/mol. The van der Waals surface area contributed by atoms with Gasteiger partial charge in [0.25, 0.3) is 0 Å². The molecule has 2 aromatic heterocycles.